The first kappa shape index (κ1) is 19.3. The van der Waals surface area contributed by atoms with E-state index in [0.29, 0.717) is 38.5 Å². The highest BCUT2D eigenvalue weighted by Gasteiger charge is 2.32. The van der Waals surface area contributed by atoms with Crippen molar-refractivity contribution in [3.05, 3.63) is 35.4 Å². The molecule has 6 nitrogen and oxygen atoms in total. The molecule has 1 atom stereocenters. The first-order valence-corrected chi connectivity index (χ1v) is 9.36. The number of aliphatic hydroxyl groups is 1. The summed E-state index contributed by atoms with van der Waals surface area (Å²) in [5.74, 6) is -0.0265. The minimum Gasteiger partial charge on any atom is -0.396 e. The van der Waals surface area contributed by atoms with Crippen molar-refractivity contribution in [1.82, 2.24) is 4.90 Å². The Morgan fingerprint density at radius 3 is 2.81 bits per heavy atom. The van der Waals surface area contributed by atoms with Gasteiger partial charge >= 0.3 is 0 Å². The molecule has 1 amide bonds. The Morgan fingerprint density at radius 2 is 2.04 bits per heavy atom. The molecule has 0 saturated carbocycles. The van der Waals surface area contributed by atoms with Crippen LogP contribution in [0.1, 0.15) is 35.7 Å². The van der Waals surface area contributed by atoms with E-state index in [4.69, 9.17) is 14.2 Å². The molecular weight excluding hydrogens is 334 g/mol. The van der Waals surface area contributed by atoms with Gasteiger partial charge in [-0.3, -0.25) is 4.79 Å². The van der Waals surface area contributed by atoms with Gasteiger partial charge in [-0.15, -0.1) is 0 Å². The predicted octanol–water partition coefficient (Wildman–Crippen LogP) is 1.85. The lowest BCUT2D eigenvalue weighted by Gasteiger charge is -2.30. The second kappa shape index (κ2) is 8.95. The highest BCUT2D eigenvalue weighted by molar-refractivity contribution is 5.95. The average molecular weight is 363 g/mol. The van der Waals surface area contributed by atoms with Crippen molar-refractivity contribution in [1.29, 1.82) is 0 Å². The second-order valence-electron chi connectivity index (χ2n) is 7.53. The van der Waals surface area contributed by atoms with E-state index in [-0.39, 0.29) is 18.6 Å². The molecule has 1 unspecified atom stereocenters. The van der Waals surface area contributed by atoms with Gasteiger partial charge in [0, 0.05) is 37.3 Å². The summed E-state index contributed by atoms with van der Waals surface area (Å²) in [5, 5.41) is 9.68. The molecule has 2 aliphatic rings. The third kappa shape index (κ3) is 4.82. The Morgan fingerprint density at radius 1 is 1.27 bits per heavy atom. The lowest BCUT2D eigenvalue weighted by Crippen LogP contribution is -2.42. The monoisotopic (exact) mass is 363 g/mol. The van der Waals surface area contributed by atoms with Crippen molar-refractivity contribution in [2.75, 3.05) is 46.1 Å². The molecule has 2 aliphatic heterocycles. The zero-order valence-corrected chi connectivity index (χ0v) is 15.5. The van der Waals surface area contributed by atoms with Crippen molar-refractivity contribution in [2.24, 2.45) is 5.41 Å². The van der Waals surface area contributed by atoms with Crippen LogP contribution < -0.4 is 0 Å². The standard InChI is InChI=1S/C20H29NO5/c1-20(14-22)13-21(8-11-25-15-20)19(23)18-5-3-2-4-16(18)12-26-17-6-9-24-10-7-17/h2-5,17,22H,6-15H2,1H3. The van der Waals surface area contributed by atoms with E-state index >= 15 is 0 Å². The fourth-order valence-electron chi connectivity index (χ4n) is 3.42. The minimum absolute atomic E-state index is 0.00864. The Labute approximate surface area is 155 Å². The van der Waals surface area contributed by atoms with Gasteiger partial charge < -0.3 is 24.2 Å². The van der Waals surface area contributed by atoms with Gasteiger partial charge in [0.2, 0.25) is 0 Å². The van der Waals surface area contributed by atoms with Crippen molar-refractivity contribution < 1.29 is 24.1 Å². The van der Waals surface area contributed by atoms with Crippen LogP contribution in [0.25, 0.3) is 0 Å². The van der Waals surface area contributed by atoms with Crippen LogP contribution in [0.15, 0.2) is 24.3 Å². The Bertz CT molecular complexity index is 602. The maximum atomic E-state index is 13.1. The molecule has 3 rings (SSSR count). The number of rotatable bonds is 5. The summed E-state index contributed by atoms with van der Waals surface area (Å²) < 4.78 is 17.0. The molecule has 0 bridgehead atoms. The topological polar surface area (TPSA) is 68.2 Å². The molecule has 144 valence electrons. The molecule has 6 heteroatoms. The van der Waals surface area contributed by atoms with Crippen molar-refractivity contribution in [3.8, 4) is 0 Å². The summed E-state index contributed by atoms with van der Waals surface area (Å²) in [6, 6.07) is 7.62. The molecule has 1 N–H and O–H groups in total. The maximum absolute atomic E-state index is 13.1. The van der Waals surface area contributed by atoms with Crippen LogP contribution in [0.5, 0.6) is 0 Å². The van der Waals surface area contributed by atoms with Crippen molar-refractivity contribution in [3.63, 3.8) is 0 Å². The number of hydrogen-bond acceptors (Lipinski definition) is 5. The number of nitrogens with zero attached hydrogens (tertiary/aromatic N) is 1. The molecule has 2 heterocycles. The number of amides is 1. The third-order valence-corrected chi connectivity index (χ3v) is 5.09. The largest absolute Gasteiger partial charge is 0.396 e. The maximum Gasteiger partial charge on any atom is 0.254 e. The zero-order valence-electron chi connectivity index (χ0n) is 15.5. The number of aliphatic hydroxyl groups excluding tert-OH is 1. The fourth-order valence-corrected chi connectivity index (χ4v) is 3.42. The quantitative estimate of drug-likeness (QED) is 0.865. The second-order valence-corrected chi connectivity index (χ2v) is 7.53. The lowest BCUT2D eigenvalue weighted by molar-refractivity contribution is -0.0392. The summed E-state index contributed by atoms with van der Waals surface area (Å²) in [6.07, 6.45) is 1.99. The first-order chi connectivity index (χ1) is 12.6. The minimum atomic E-state index is -0.431. The van der Waals surface area contributed by atoms with Crippen LogP contribution in [0, 0.1) is 5.41 Å². The average Bonchev–Trinajstić information content (AvgIpc) is 2.89. The molecule has 2 fully saturated rings. The highest BCUT2D eigenvalue weighted by Crippen LogP contribution is 2.23. The zero-order chi connectivity index (χ0) is 18.4. The molecular formula is C20H29NO5. The highest BCUT2D eigenvalue weighted by atomic mass is 16.5. The SMILES string of the molecule is CC1(CO)COCCN(C(=O)c2ccccc2COC2CCOCC2)C1. The van der Waals surface area contributed by atoms with Crippen molar-refractivity contribution >= 4 is 5.91 Å². The summed E-state index contributed by atoms with van der Waals surface area (Å²) >= 11 is 0. The summed E-state index contributed by atoms with van der Waals surface area (Å²) in [7, 11) is 0. The summed E-state index contributed by atoms with van der Waals surface area (Å²) in [4.78, 5) is 14.9. The normalized spacial score (nSPS) is 25.1. The Balaban J connectivity index is 1.70. The van der Waals surface area contributed by atoms with Gasteiger partial charge in [0.25, 0.3) is 5.91 Å². The summed E-state index contributed by atoms with van der Waals surface area (Å²) in [5.41, 5.74) is 1.14. The molecule has 1 aromatic rings. The fraction of sp³-hybridized carbons (Fsp3) is 0.650. The van der Waals surface area contributed by atoms with Gasteiger partial charge in [-0.25, -0.2) is 0 Å². The van der Waals surface area contributed by atoms with E-state index in [0.717, 1.165) is 31.6 Å². The molecule has 1 aromatic carbocycles. The number of carbonyl (C=O) groups excluding carboxylic acids is 1. The number of hydrogen-bond donors (Lipinski definition) is 1. The van der Waals surface area contributed by atoms with Gasteiger partial charge in [0.15, 0.2) is 0 Å². The van der Waals surface area contributed by atoms with Gasteiger partial charge in [0.05, 0.1) is 32.5 Å². The Hall–Kier alpha value is -1.47. The first-order valence-electron chi connectivity index (χ1n) is 9.36. The van der Waals surface area contributed by atoms with Crippen LogP contribution in [0.4, 0.5) is 0 Å². The van der Waals surface area contributed by atoms with E-state index < -0.39 is 5.41 Å². The van der Waals surface area contributed by atoms with Crippen LogP contribution in [-0.4, -0.2) is 68.1 Å². The van der Waals surface area contributed by atoms with Crippen LogP contribution in [0.3, 0.4) is 0 Å². The van der Waals surface area contributed by atoms with Crippen LogP contribution >= 0.6 is 0 Å². The van der Waals surface area contributed by atoms with E-state index in [1.807, 2.05) is 31.2 Å². The van der Waals surface area contributed by atoms with Crippen LogP contribution in [0.2, 0.25) is 0 Å². The molecule has 2 saturated heterocycles. The van der Waals surface area contributed by atoms with Crippen molar-refractivity contribution in [2.45, 2.75) is 32.5 Å². The third-order valence-electron chi connectivity index (χ3n) is 5.09. The van der Waals surface area contributed by atoms with Gasteiger partial charge in [-0.05, 0) is 24.5 Å². The van der Waals surface area contributed by atoms with Gasteiger partial charge in [-0.1, -0.05) is 25.1 Å². The number of benzene rings is 1. The molecule has 0 aliphatic carbocycles. The molecule has 0 aromatic heterocycles. The summed E-state index contributed by atoms with van der Waals surface area (Å²) in [6.45, 7) is 5.79. The van der Waals surface area contributed by atoms with E-state index in [9.17, 15) is 9.90 Å². The van der Waals surface area contributed by atoms with Gasteiger partial charge in [0.1, 0.15) is 0 Å². The van der Waals surface area contributed by atoms with E-state index in [1.54, 1.807) is 4.90 Å². The molecule has 0 spiro atoms. The van der Waals surface area contributed by atoms with Gasteiger partial charge in [-0.2, -0.15) is 0 Å². The van der Waals surface area contributed by atoms with Crippen LogP contribution in [-0.2, 0) is 20.8 Å². The van der Waals surface area contributed by atoms with E-state index in [2.05, 4.69) is 0 Å². The predicted molar refractivity (Wildman–Crippen MR) is 97.0 cm³/mol. The lowest BCUT2D eigenvalue weighted by atomic mass is 9.92. The van der Waals surface area contributed by atoms with E-state index in [1.165, 1.54) is 0 Å². The smallest absolute Gasteiger partial charge is 0.254 e. The molecule has 26 heavy (non-hydrogen) atoms. The number of carbonyl (C=O) groups is 1. The number of ether oxygens (including phenoxy) is 3. The Kier molecular flexibility index (Phi) is 6.64. The molecule has 0 radical (unpaired) electrons.